The van der Waals surface area contributed by atoms with E-state index in [1.807, 2.05) is 104 Å². The number of carbonyl (C=O) groups excluding carboxylic acids is 2. The number of fused-ring (bicyclic) bond motifs is 2. The van der Waals surface area contributed by atoms with Crippen molar-refractivity contribution < 1.29 is 9.59 Å². The van der Waals surface area contributed by atoms with Crippen LogP contribution in [0.1, 0.15) is 101 Å². The van der Waals surface area contributed by atoms with E-state index in [9.17, 15) is 9.59 Å². The number of nitriles is 2. The molecule has 0 aromatic heterocycles. The molecule has 0 unspecified atom stereocenters. The minimum absolute atomic E-state index is 0.0312. The molecule has 0 aliphatic carbocycles. The number of Topliss-reactive ketones (excluding diaryl/α,β-unsaturated/α-hetero) is 2. The molecule has 4 aliphatic heterocycles. The Morgan fingerprint density at radius 3 is 1.54 bits per heavy atom. The number of alkyl halides is 1. The van der Waals surface area contributed by atoms with Gasteiger partial charge in [-0.3, -0.25) is 14.5 Å². The Labute approximate surface area is 346 Å². The Balaban J connectivity index is 0.000000171. The lowest BCUT2D eigenvalue weighted by atomic mass is 9.83. The topological polar surface area (TPSA) is 121 Å². The number of anilines is 2. The van der Waals surface area contributed by atoms with Crippen molar-refractivity contribution in [2.75, 3.05) is 42.6 Å². The summed E-state index contributed by atoms with van der Waals surface area (Å²) >= 11 is 7.11. The highest BCUT2D eigenvalue weighted by Gasteiger charge is 2.38. The lowest BCUT2D eigenvalue weighted by Gasteiger charge is -2.42. The zero-order valence-electron chi connectivity index (χ0n) is 32.3. The number of benzene rings is 4. The second-order valence-corrected chi connectivity index (χ2v) is 16.0. The number of thiol groups is 1. The summed E-state index contributed by atoms with van der Waals surface area (Å²) in [5.41, 5.74) is 7.74. The van der Waals surface area contributed by atoms with Crippen LogP contribution in [0, 0.1) is 22.7 Å². The van der Waals surface area contributed by atoms with Crippen LogP contribution in [0.25, 0.3) is 0 Å². The monoisotopic (exact) mass is 832 g/mol. The van der Waals surface area contributed by atoms with Crippen LogP contribution in [0.4, 0.5) is 11.4 Å². The average Bonchev–Trinajstić information content (AvgIpc) is 3.47. The normalized spacial score (nSPS) is 17.7. The molecule has 4 aliphatic rings. The molecule has 0 bridgehead atoms. The quantitative estimate of drug-likeness (QED) is 0.119. The molecule has 0 atom stereocenters. The van der Waals surface area contributed by atoms with Gasteiger partial charge in [0, 0.05) is 71.4 Å². The lowest BCUT2D eigenvalue weighted by Crippen LogP contribution is -2.48. The first-order valence-corrected chi connectivity index (χ1v) is 21.4. The van der Waals surface area contributed by atoms with Crippen LogP contribution in [0.5, 0.6) is 0 Å². The number of likely N-dealkylation sites (tertiary alicyclic amines) is 1. The van der Waals surface area contributed by atoms with Crippen LogP contribution in [-0.4, -0.2) is 59.5 Å². The number of hydrogen-bond acceptors (Lipinski definition) is 9. The number of ketones is 2. The maximum absolute atomic E-state index is 12.4. The van der Waals surface area contributed by atoms with Crippen LogP contribution >= 0.6 is 28.6 Å². The van der Waals surface area contributed by atoms with Crippen LogP contribution in [0.2, 0.25) is 0 Å². The molecular formula is C46H53BrN6O2S. The number of rotatable bonds is 3. The van der Waals surface area contributed by atoms with Gasteiger partial charge in [-0.25, -0.2) is 0 Å². The van der Waals surface area contributed by atoms with E-state index in [1.165, 1.54) is 11.1 Å². The Hall–Kier alpha value is -4.45. The first-order chi connectivity index (χ1) is 27.2. The zero-order chi connectivity index (χ0) is 39.8. The van der Waals surface area contributed by atoms with Crippen molar-refractivity contribution in [1.29, 1.82) is 10.5 Å². The predicted molar refractivity (Wildman–Crippen MR) is 234 cm³/mol. The molecule has 10 heteroatoms. The van der Waals surface area contributed by atoms with E-state index in [2.05, 4.69) is 61.5 Å². The van der Waals surface area contributed by atoms with Gasteiger partial charge in [-0.05, 0) is 117 Å². The molecule has 4 aromatic carbocycles. The van der Waals surface area contributed by atoms with Crippen LogP contribution < -0.4 is 16.0 Å². The van der Waals surface area contributed by atoms with E-state index in [4.69, 9.17) is 10.5 Å². The van der Waals surface area contributed by atoms with Gasteiger partial charge in [0.05, 0.1) is 23.3 Å². The molecule has 56 heavy (non-hydrogen) atoms. The lowest BCUT2D eigenvalue weighted by molar-refractivity contribution is 0.0960. The SMILES string of the molecule is CCS.N#Cc1ccc(CBr)cc1.N#Cc1ccc(CN2CCC3(CCC(=O)c4ccccc4N3)CC2)cc1.O=C1CCC2(CCNCC2)Nc2ccccc21. The molecule has 8 rings (SSSR count). The maximum atomic E-state index is 12.4. The number of nitrogens with one attached hydrogen (secondary N) is 3. The number of para-hydroxylation sites is 2. The molecule has 4 aromatic rings. The molecule has 0 saturated carbocycles. The van der Waals surface area contributed by atoms with E-state index < -0.39 is 0 Å². The van der Waals surface area contributed by atoms with Gasteiger partial charge < -0.3 is 16.0 Å². The van der Waals surface area contributed by atoms with E-state index in [1.54, 1.807) is 0 Å². The third-order valence-electron chi connectivity index (χ3n) is 11.0. The van der Waals surface area contributed by atoms with Crippen molar-refractivity contribution in [1.82, 2.24) is 10.2 Å². The van der Waals surface area contributed by atoms with Gasteiger partial charge in [-0.2, -0.15) is 23.2 Å². The van der Waals surface area contributed by atoms with Crippen molar-refractivity contribution in [2.45, 2.75) is 81.2 Å². The first-order valence-electron chi connectivity index (χ1n) is 19.6. The van der Waals surface area contributed by atoms with Crippen molar-refractivity contribution >= 4 is 51.5 Å². The highest BCUT2D eigenvalue weighted by molar-refractivity contribution is 9.08. The summed E-state index contributed by atoms with van der Waals surface area (Å²) in [6, 6.07) is 35.4. The Morgan fingerprint density at radius 2 is 1.09 bits per heavy atom. The summed E-state index contributed by atoms with van der Waals surface area (Å²) in [5, 5.41) is 28.9. The summed E-state index contributed by atoms with van der Waals surface area (Å²) < 4.78 is 0. The van der Waals surface area contributed by atoms with E-state index >= 15 is 0 Å². The van der Waals surface area contributed by atoms with Gasteiger partial charge in [-0.1, -0.05) is 71.4 Å². The average molecular weight is 834 g/mol. The summed E-state index contributed by atoms with van der Waals surface area (Å²) in [6.07, 6.45) is 7.47. The third-order valence-corrected chi connectivity index (χ3v) is 11.7. The Morgan fingerprint density at radius 1 is 0.661 bits per heavy atom. The number of nitrogens with zero attached hydrogens (tertiary/aromatic N) is 3. The second kappa shape index (κ2) is 21.2. The molecule has 4 heterocycles. The second-order valence-electron chi connectivity index (χ2n) is 14.8. The summed E-state index contributed by atoms with van der Waals surface area (Å²) in [4.78, 5) is 27.0. The summed E-state index contributed by atoms with van der Waals surface area (Å²) in [6.45, 7) is 7.03. The molecule has 3 N–H and O–H groups in total. The predicted octanol–water partition coefficient (Wildman–Crippen LogP) is 9.57. The van der Waals surface area contributed by atoms with Crippen molar-refractivity contribution in [3.05, 3.63) is 130 Å². The van der Waals surface area contributed by atoms with Gasteiger partial charge in [0.25, 0.3) is 0 Å². The summed E-state index contributed by atoms with van der Waals surface area (Å²) in [7, 11) is 0. The zero-order valence-corrected chi connectivity index (χ0v) is 34.8. The third kappa shape index (κ3) is 11.8. The number of halogens is 1. The van der Waals surface area contributed by atoms with Gasteiger partial charge in [0.15, 0.2) is 11.6 Å². The highest BCUT2D eigenvalue weighted by atomic mass is 79.9. The van der Waals surface area contributed by atoms with Crippen LogP contribution in [-0.2, 0) is 11.9 Å². The fourth-order valence-corrected chi connectivity index (χ4v) is 8.12. The standard InChI is InChI=1S/C22H23N3O.C14H18N2O.C8H6BrN.C2H6S/c23-15-17-5-7-18(8-6-17)16-25-13-11-22(12-14-25)10-9-21(26)19-3-1-2-4-20(19)24-22;17-13-5-6-14(7-9-15-10-8-14)16-12-4-2-1-3-11(12)13;9-5-7-1-3-8(6-10)4-2-7;1-2-3/h1-8,24H,9-14,16H2;1-4,15-16H,5-10H2;1-4H,5H2;3H,2H2,1H3. The molecule has 0 amide bonds. The first kappa shape index (κ1) is 42.7. The van der Waals surface area contributed by atoms with Crippen LogP contribution in [0.3, 0.4) is 0 Å². The largest absolute Gasteiger partial charge is 0.379 e. The Bertz CT molecular complexity index is 1970. The maximum Gasteiger partial charge on any atom is 0.165 e. The molecule has 0 radical (unpaired) electrons. The number of piperidine rings is 2. The Kier molecular flexibility index (Phi) is 16.1. The molecular weight excluding hydrogens is 781 g/mol. The van der Waals surface area contributed by atoms with Gasteiger partial charge in [-0.15, -0.1) is 0 Å². The fourth-order valence-electron chi connectivity index (χ4n) is 7.75. The molecule has 292 valence electrons. The highest BCUT2D eigenvalue weighted by Crippen LogP contribution is 2.37. The van der Waals surface area contributed by atoms with Gasteiger partial charge >= 0.3 is 0 Å². The van der Waals surface area contributed by atoms with Crippen molar-refractivity contribution in [2.24, 2.45) is 0 Å². The van der Waals surface area contributed by atoms with Gasteiger partial charge in [0.1, 0.15) is 0 Å². The van der Waals surface area contributed by atoms with E-state index in [0.717, 1.165) is 105 Å². The van der Waals surface area contributed by atoms with E-state index in [0.29, 0.717) is 24.0 Å². The summed E-state index contributed by atoms with van der Waals surface area (Å²) in [5.74, 6) is 1.48. The van der Waals surface area contributed by atoms with Gasteiger partial charge in [0.2, 0.25) is 0 Å². The molecule has 8 nitrogen and oxygen atoms in total. The number of carbonyl (C=O) groups is 2. The smallest absolute Gasteiger partial charge is 0.165 e. The molecule has 2 fully saturated rings. The minimum Gasteiger partial charge on any atom is -0.379 e. The van der Waals surface area contributed by atoms with E-state index in [-0.39, 0.29) is 22.6 Å². The van der Waals surface area contributed by atoms with Crippen molar-refractivity contribution in [3.63, 3.8) is 0 Å². The minimum atomic E-state index is 0.0312. The van der Waals surface area contributed by atoms with Crippen LogP contribution in [0.15, 0.2) is 97.1 Å². The molecule has 2 spiro atoms. The molecule has 2 saturated heterocycles. The fraction of sp³-hybridized carbons (Fsp3) is 0.391. The number of hydrogen-bond donors (Lipinski definition) is 4. The van der Waals surface area contributed by atoms with Crippen molar-refractivity contribution in [3.8, 4) is 12.1 Å².